The van der Waals surface area contributed by atoms with E-state index >= 15 is 0 Å². The summed E-state index contributed by atoms with van der Waals surface area (Å²) in [5.41, 5.74) is 1.11. The fourth-order valence-electron chi connectivity index (χ4n) is 3.05. The summed E-state index contributed by atoms with van der Waals surface area (Å²) < 4.78 is 0. The number of para-hydroxylation sites is 1. The molecule has 3 rings (SSSR count). The number of nitrogens with one attached hydrogen (secondary N) is 1. The lowest BCUT2D eigenvalue weighted by Gasteiger charge is -2.27. The Morgan fingerprint density at radius 1 is 1.00 bits per heavy atom. The number of imide groups is 1. The van der Waals surface area contributed by atoms with E-state index in [1.54, 1.807) is 48.5 Å². The van der Waals surface area contributed by atoms with Gasteiger partial charge >= 0.3 is 0 Å². The molecule has 26 heavy (non-hydrogen) atoms. The molecule has 0 aromatic heterocycles. The molecule has 0 aliphatic carbocycles. The van der Waals surface area contributed by atoms with Gasteiger partial charge in [0.05, 0.1) is 21.8 Å². The summed E-state index contributed by atoms with van der Waals surface area (Å²) in [7, 11) is 0. The molecule has 0 unspecified atom stereocenters. The molecule has 0 fully saturated rings. The van der Waals surface area contributed by atoms with E-state index in [-0.39, 0.29) is 5.92 Å². The monoisotopic (exact) mass is 370 g/mol. The van der Waals surface area contributed by atoms with Gasteiger partial charge in [-0.1, -0.05) is 49.7 Å². The lowest BCUT2D eigenvalue weighted by Crippen LogP contribution is -2.48. The standard InChI is InChI=1S/C20H19ClN2O3/c1-12(2)11-17(18(24)22-16-10-6-5-9-15(16)21)23-19(25)13-7-3-4-8-14(13)20(23)26/h3-10,12,17H,11H2,1-2H3,(H,22,24)/t17-/m1/s1. The fourth-order valence-corrected chi connectivity index (χ4v) is 3.23. The summed E-state index contributed by atoms with van der Waals surface area (Å²) in [6, 6.07) is 12.6. The summed E-state index contributed by atoms with van der Waals surface area (Å²) in [4.78, 5) is 39.5. The number of rotatable bonds is 5. The molecular formula is C20H19ClN2O3. The Kier molecular flexibility index (Phi) is 5.09. The van der Waals surface area contributed by atoms with E-state index in [9.17, 15) is 14.4 Å². The highest BCUT2D eigenvalue weighted by Gasteiger charge is 2.42. The Morgan fingerprint density at radius 2 is 1.54 bits per heavy atom. The van der Waals surface area contributed by atoms with Crippen molar-refractivity contribution < 1.29 is 14.4 Å². The summed E-state index contributed by atoms with van der Waals surface area (Å²) in [6.45, 7) is 3.88. The third-order valence-electron chi connectivity index (χ3n) is 4.27. The maximum absolute atomic E-state index is 12.9. The molecule has 2 aromatic carbocycles. The van der Waals surface area contributed by atoms with Crippen molar-refractivity contribution in [2.75, 3.05) is 5.32 Å². The van der Waals surface area contributed by atoms with Crippen LogP contribution in [0.2, 0.25) is 5.02 Å². The van der Waals surface area contributed by atoms with Gasteiger partial charge in [0, 0.05) is 0 Å². The highest BCUT2D eigenvalue weighted by Crippen LogP contribution is 2.28. The number of amides is 3. The number of fused-ring (bicyclic) bond motifs is 1. The summed E-state index contributed by atoms with van der Waals surface area (Å²) in [6.07, 6.45) is 0.363. The second-order valence-electron chi connectivity index (χ2n) is 6.64. The Balaban J connectivity index is 1.92. The van der Waals surface area contributed by atoms with Gasteiger partial charge in [0.25, 0.3) is 11.8 Å². The van der Waals surface area contributed by atoms with Gasteiger partial charge in [-0.25, -0.2) is 0 Å². The van der Waals surface area contributed by atoms with Crippen molar-refractivity contribution in [2.24, 2.45) is 5.92 Å². The number of carbonyl (C=O) groups excluding carboxylic acids is 3. The predicted molar refractivity (Wildman–Crippen MR) is 100 cm³/mol. The van der Waals surface area contributed by atoms with E-state index in [0.29, 0.717) is 28.3 Å². The SMILES string of the molecule is CC(C)C[C@H](C(=O)Nc1ccccc1Cl)N1C(=O)c2ccccc2C1=O. The minimum Gasteiger partial charge on any atom is -0.323 e. The molecule has 5 nitrogen and oxygen atoms in total. The van der Waals surface area contributed by atoms with Crippen LogP contribution >= 0.6 is 11.6 Å². The normalized spacial score (nSPS) is 14.5. The van der Waals surface area contributed by atoms with Crippen molar-refractivity contribution in [1.29, 1.82) is 0 Å². The first-order valence-electron chi connectivity index (χ1n) is 8.42. The zero-order valence-corrected chi connectivity index (χ0v) is 15.3. The van der Waals surface area contributed by atoms with Gasteiger partial charge in [-0.05, 0) is 36.6 Å². The van der Waals surface area contributed by atoms with Crippen molar-refractivity contribution in [3.63, 3.8) is 0 Å². The third kappa shape index (κ3) is 3.35. The van der Waals surface area contributed by atoms with Crippen LogP contribution in [0.1, 0.15) is 41.0 Å². The van der Waals surface area contributed by atoms with Crippen LogP contribution in [0.4, 0.5) is 5.69 Å². The van der Waals surface area contributed by atoms with Gasteiger partial charge in [0.2, 0.25) is 5.91 Å². The molecule has 0 spiro atoms. The molecule has 1 atom stereocenters. The number of carbonyl (C=O) groups is 3. The Labute approximate surface area is 156 Å². The fraction of sp³-hybridized carbons (Fsp3) is 0.250. The average molecular weight is 371 g/mol. The highest BCUT2D eigenvalue weighted by molar-refractivity contribution is 6.33. The second kappa shape index (κ2) is 7.30. The summed E-state index contributed by atoms with van der Waals surface area (Å²) >= 11 is 6.11. The third-order valence-corrected chi connectivity index (χ3v) is 4.60. The zero-order chi connectivity index (χ0) is 18.8. The molecule has 0 saturated heterocycles. The largest absolute Gasteiger partial charge is 0.323 e. The number of anilines is 1. The van der Waals surface area contributed by atoms with E-state index < -0.39 is 23.8 Å². The van der Waals surface area contributed by atoms with Crippen LogP contribution in [-0.4, -0.2) is 28.7 Å². The van der Waals surface area contributed by atoms with Gasteiger partial charge < -0.3 is 5.32 Å². The Bertz CT molecular complexity index is 844. The van der Waals surface area contributed by atoms with E-state index in [1.807, 2.05) is 13.8 Å². The molecule has 1 N–H and O–H groups in total. The van der Waals surface area contributed by atoms with Crippen LogP contribution in [0.3, 0.4) is 0 Å². The second-order valence-corrected chi connectivity index (χ2v) is 7.05. The van der Waals surface area contributed by atoms with Crippen molar-refractivity contribution in [2.45, 2.75) is 26.3 Å². The first-order chi connectivity index (χ1) is 12.4. The van der Waals surface area contributed by atoms with E-state index in [0.717, 1.165) is 4.90 Å². The van der Waals surface area contributed by atoms with Crippen LogP contribution in [0.15, 0.2) is 48.5 Å². The van der Waals surface area contributed by atoms with Crippen LogP contribution in [-0.2, 0) is 4.79 Å². The van der Waals surface area contributed by atoms with Gasteiger partial charge in [0.15, 0.2) is 0 Å². The predicted octanol–water partition coefficient (Wildman–Crippen LogP) is 3.99. The van der Waals surface area contributed by atoms with Crippen LogP contribution in [0.25, 0.3) is 0 Å². The van der Waals surface area contributed by atoms with Gasteiger partial charge in [-0.2, -0.15) is 0 Å². The van der Waals surface area contributed by atoms with Crippen molar-refractivity contribution in [3.05, 3.63) is 64.7 Å². The summed E-state index contributed by atoms with van der Waals surface area (Å²) in [5.74, 6) is -1.20. The topological polar surface area (TPSA) is 66.5 Å². The lowest BCUT2D eigenvalue weighted by atomic mass is 10.0. The van der Waals surface area contributed by atoms with Crippen molar-refractivity contribution in [3.8, 4) is 0 Å². The number of hydrogen-bond donors (Lipinski definition) is 1. The van der Waals surface area contributed by atoms with Crippen molar-refractivity contribution in [1.82, 2.24) is 4.90 Å². The number of nitrogens with zero attached hydrogens (tertiary/aromatic N) is 1. The average Bonchev–Trinajstić information content (AvgIpc) is 2.86. The maximum atomic E-state index is 12.9. The molecule has 6 heteroatoms. The summed E-state index contributed by atoms with van der Waals surface area (Å²) in [5, 5.41) is 3.14. The molecule has 3 amide bonds. The maximum Gasteiger partial charge on any atom is 0.262 e. The number of benzene rings is 2. The van der Waals surface area contributed by atoms with Gasteiger partial charge in [-0.3, -0.25) is 19.3 Å². The van der Waals surface area contributed by atoms with E-state index in [1.165, 1.54) is 0 Å². The van der Waals surface area contributed by atoms with Crippen molar-refractivity contribution >= 4 is 35.0 Å². The molecule has 134 valence electrons. The molecular weight excluding hydrogens is 352 g/mol. The first kappa shape index (κ1) is 18.1. The van der Waals surface area contributed by atoms with Crippen LogP contribution < -0.4 is 5.32 Å². The lowest BCUT2D eigenvalue weighted by molar-refractivity contribution is -0.120. The van der Waals surface area contributed by atoms with Gasteiger partial charge in [-0.15, -0.1) is 0 Å². The number of halogens is 1. The number of hydrogen-bond acceptors (Lipinski definition) is 3. The molecule has 2 aromatic rings. The molecule has 1 aliphatic heterocycles. The Hall–Kier alpha value is -2.66. The zero-order valence-electron chi connectivity index (χ0n) is 14.5. The quantitative estimate of drug-likeness (QED) is 0.809. The van der Waals surface area contributed by atoms with Crippen LogP contribution in [0, 0.1) is 5.92 Å². The Morgan fingerprint density at radius 3 is 2.08 bits per heavy atom. The minimum absolute atomic E-state index is 0.112. The van der Waals surface area contributed by atoms with Gasteiger partial charge in [0.1, 0.15) is 6.04 Å². The molecule has 0 bridgehead atoms. The first-order valence-corrected chi connectivity index (χ1v) is 8.80. The molecule has 1 heterocycles. The smallest absolute Gasteiger partial charge is 0.262 e. The highest BCUT2D eigenvalue weighted by atomic mass is 35.5. The van der Waals surface area contributed by atoms with E-state index in [2.05, 4.69) is 5.32 Å². The molecule has 1 aliphatic rings. The minimum atomic E-state index is -0.904. The van der Waals surface area contributed by atoms with E-state index in [4.69, 9.17) is 11.6 Å². The molecule has 0 radical (unpaired) electrons. The molecule has 0 saturated carbocycles. The van der Waals surface area contributed by atoms with Crippen LogP contribution in [0.5, 0.6) is 0 Å².